The highest BCUT2D eigenvalue weighted by Crippen LogP contribution is 1.99. The molecule has 2 aromatic rings. The predicted octanol–water partition coefficient (Wildman–Crippen LogP) is -1.17. The highest BCUT2D eigenvalue weighted by atomic mass is 16.2. The summed E-state index contributed by atoms with van der Waals surface area (Å²) in [6, 6.07) is 3.18. The molecule has 0 aromatic carbocycles. The molecule has 0 saturated heterocycles. The van der Waals surface area contributed by atoms with Crippen molar-refractivity contribution >= 4 is 17.9 Å². The number of hydrogen-bond acceptors (Lipinski definition) is 6. The Morgan fingerprint density at radius 2 is 2.09 bits per heavy atom. The molecule has 2 heterocycles. The Hall–Kier alpha value is -3.23. The van der Waals surface area contributed by atoms with Gasteiger partial charge >= 0.3 is 5.69 Å². The molecule has 2 aromatic heterocycles. The quantitative estimate of drug-likeness (QED) is 0.546. The minimum absolute atomic E-state index is 0.0103. The lowest BCUT2D eigenvalue weighted by Crippen LogP contribution is -2.40. The molecule has 0 atom stereocenters. The van der Waals surface area contributed by atoms with Crippen LogP contribution >= 0.6 is 0 Å². The summed E-state index contributed by atoms with van der Waals surface area (Å²) in [7, 11) is 2.76. The number of aromatic nitrogens is 3. The fourth-order valence-corrected chi connectivity index (χ4v) is 1.72. The zero-order valence-electron chi connectivity index (χ0n) is 12.0. The number of hydrogen-bond donors (Lipinski definition) is 2. The summed E-state index contributed by atoms with van der Waals surface area (Å²) in [5.41, 5.74) is 7.16. The van der Waals surface area contributed by atoms with Gasteiger partial charge in [0.2, 0.25) is 0 Å². The van der Waals surface area contributed by atoms with Gasteiger partial charge in [-0.3, -0.25) is 23.7 Å². The first-order valence-electron chi connectivity index (χ1n) is 6.22. The van der Waals surface area contributed by atoms with Gasteiger partial charge in [0.05, 0.1) is 11.8 Å². The highest BCUT2D eigenvalue weighted by molar-refractivity contribution is 5.94. The lowest BCUT2D eigenvalue weighted by Gasteiger charge is -2.08. The molecule has 0 aliphatic heterocycles. The van der Waals surface area contributed by atoms with Crippen molar-refractivity contribution < 1.29 is 4.79 Å². The number of rotatable bonds is 3. The number of nitrogens with zero attached hydrogens (tertiary/aromatic N) is 4. The van der Waals surface area contributed by atoms with E-state index in [1.807, 2.05) is 0 Å². The fraction of sp³-hybridized carbons (Fsp3) is 0.154. The highest BCUT2D eigenvalue weighted by Gasteiger charge is 2.11. The molecule has 0 saturated carbocycles. The third kappa shape index (κ3) is 2.77. The Labute approximate surface area is 124 Å². The van der Waals surface area contributed by atoms with E-state index in [-0.39, 0.29) is 11.4 Å². The number of hydrazone groups is 1. The minimum atomic E-state index is -0.597. The van der Waals surface area contributed by atoms with Crippen molar-refractivity contribution in [1.29, 1.82) is 0 Å². The normalized spacial score (nSPS) is 10.8. The van der Waals surface area contributed by atoms with E-state index >= 15 is 0 Å². The molecule has 0 unspecified atom stereocenters. The predicted molar refractivity (Wildman–Crippen MR) is 80.6 cm³/mol. The van der Waals surface area contributed by atoms with Crippen LogP contribution < -0.4 is 22.4 Å². The van der Waals surface area contributed by atoms with Gasteiger partial charge in [-0.1, -0.05) is 0 Å². The Morgan fingerprint density at radius 1 is 1.36 bits per heavy atom. The van der Waals surface area contributed by atoms with Crippen molar-refractivity contribution in [1.82, 2.24) is 19.5 Å². The first-order chi connectivity index (χ1) is 10.4. The van der Waals surface area contributed by atoms with E-state index in [0.717, 1.165) is 15.3 Å². The maximum atomic E-state index is 12.0. The minimum Gasteiger partial charge on any atom is -0.384 e. The first kappa shape index (κ1) is 15.2. The van der Waals surface area contributed by atoms with E-state index in [2.05, 4.69) is 15.5 Å². The van der Waals surface area contributed by atoms with Crippen LogP contribution in [0.1, 0.15) is 15.9 Å². The van der Waals surface area contributed by atoms with Crippen LogP contribution in [0.25, 0.3) is 0 Å². The summed E-state index contributed by atoms with van der Waals surface area (Å²) in [6.45, 7) is 0. The number of anilines is 1. The third-order valence-electron chi connectivity index (χ3n) is 3.03. The van der Waals surface area contributed by atoms with Gasteiger partial charge in [-0.25, -0.2) is 10.2 Å². The molecular weight excluding hydrogens is 288 g/mol. The van der Waals surface area contributed by atoms with Gasteiger partial charge in [0.25, 0.3) is 11.5 Å². The van der Waals surface area contributed by atoms with Gasteiger partial charge in [-0.05, 0) is 12.1 Å². The Bertz CT molecular complexity index is 851. The van der Waals surface area contributed by atoms with Crippen molar-refractivity contribution in [2.45, 2.75) is 0 Å². The van der Waals surface area contributed by atoms with Gasteiger partial charge in [-0.15, -0.1) is 0 Å². The van der Waals surface area contributed by atoms with Crippen LogP contribution in [0.5, 0.6) is 0 Å². The second kappa shape index (κ2) is 6.04. The topological polar surface area (TPSA) is 124 Å². The molecule has 22 heavy (non-hydrogen) atoms. The molecule has 1 amide bonds. The number of carbonyl (C=O) groups is 1. The van der Waals surface area contributed by atoms with E-state index in [1.165, 1.54) is 26.5 Å². The van der Waals surface area contributed by atoms with Crippen LogP contribution in [0.3, 0.4) is 0 Å². The summed E-state index contributed by atoms with van der Waals surface area (Å²) < 4.78 is 2.02. The third-order valence-corrected chi connectivity index (χ3v) is 3.03. The fourth-order valence-electron chi connectivity index (χ4n) is 1.72. The second-order valence-electron chi connectivity index (χ2n) is 4.45. The summed E-state index contributed by atoms with van der Waals surface area (Å²) in [4.78, 5) is 39.2. The van der Waals surface area contributed by atoms with Crippen LogP contribution in [0, 0.1) is 0 Å². The van der Waals surface area contributed by atoms with Gasteiger partial charge in [-0.2, -0.15) is 5.10 Å². The molecule has 9 nitrogen and oxygen atoms in total. The first-order valence-corrected chi connectivity index (χ1v) is 6.22. The van der Waals surface area contributed by atoms with Crippen LogP contribution in [0.2, 0.25) is 0 Å². The lowest BCUT2D eigenvalue weighted by atomic mass is 10.3. The zero-order valence-corrected chi connectivity index (χ0v) is 12.0. The number of carbonyl (C=O) groups excluding carboxylic acids is 1. The van der Waals surface area contributed by atoms with E-state index in [4.69, 9.17) is 5.73 Å². The molecule has 0 aliphatic carbocycles. The summed E-state index contributed by atoms with van der Waals surface area (Å²) in [5.74, 6) is -0.517. The average molecular weight is 302 g/mol. The molecule has 2 rings (SSSR count). The van der Waals surface area contributed by atoms with E-state index in [0.29, 0.717) is 5.56 Å². The van der Waals surface area contributed by atoms with Crippen molar-refractivity contribution in [2.75, 3.05) is 5.73 Å². The largest absolute Gasteiger partial charge is 0.384 e. The van der Waals surface area contributed by atoms with Gasteiger partial charge in [0.15, 0.2) is 0 Å². The summed E-state index contributed by atoms with van der Waals surface area (Å²) in [5, 5.41) is 3.69. The van der Waals surface area contributed by atoms with Gasteiger partial charge in [0.1, 0.15) is 11.4 Å². The van der Waals surface area contributed by atoms with Crippen molar-refractivity contribution in [3.8, 4) is 0 Å². The molecule has 0 fully saturated rings. The molecule has 0 radical (unpaired) electrons. The molecule has 114 valence electrons. The zero-order chi connectivity index (χ0) is 16.3. The molecule has 0 bridgehead atoms. The van der Waals surface area contributed by atoms with E-state index in [9.17, 15) is 14.4 Å². The van der Waals surface area contributed by atoms with Crippen LogP contribution in [-0.4, -0.2) is 26.2 Å². The van der Waals surface area contributed by atoms with Crippen molar-refractivity contribution in [2.24, 2.45) is 19.2 Å². The average Bonchev–Trinajstić information content (AvgIpc) is 2.55. The molecule has 0 aliphatic rings. The number of nitrogens with two attached hydrogens (primary N) is 1. The molecule has 0 spiro atoms. The molecular formula is C13H14N6O3. The van der Waals surface area contributed by atoms with Crippen molar-refractivity contribution in [3.63, 3.8) is 0 Å². The summed E-state index contributed by atoms with van der Waals surface area (Å²) in [6.07, 6.45) is 4.02. The van der Waals surface area contributed by atoms with Gasteiger partial charge in [0, 0.05) is 26.5 Å². The molecule has 3 N–H and O–H groups in total. The maximum absolute atomic E-state index is 12.0. The number of nitrogens with one attached hydrogen (secondary N) is 1. The van der Waals surface area contributed by atoms with Crippen LogP contribution in [-0.2, 0) is 14.1 Å². The van der Waals surface area contributed by atoms with Crippen molar-refractivity contribution in [3.05, 3.63) is 56.5 Å². The van der Waals surface area contributed by atoms with Crippen LogP contribution in [0.15, 0.2) is 39.2 Å². The monoisotopic (exact) mass is 302 g/mol. The molecule has 9 heteroatoms. The Kier molecular flexibility index (Phi) is 4.16. The van der Waals surface area contributed by atoms with Crippen LogP contribution in [0.4, 0.5) is 5.82 Å². The smallest absolute Gasteiger partial charge is 0.332 e. The van der Waals surface area contributed by atoms with E-state index in [1.54, 1.807) is 12.1 Å². The second-order valence-corrected chi connectivity index (χ2v) is 4.45. The number of nitrogen functional groups attached to an aromatic ring is 1. The summed E-state index contributed by atoms with van der Waals surface area (Å²) >= 11 is 0. The van der Waals surface area contributed by atoms with E-state index < -0.39 is 17.2 Å². The maximum Gasteiger partial charge on any atom is 0.332 e. The Balaban J connectivity index is 2.27. The standard InChI is InChI=1S/C13H14N6O3/c1-18-10(14)9(12(21)19(2)13(18)22)7-16-17-11(20)8-4-3-5-15-6-8/h3-7H,14H2,1-2H3,(H,17,20)/b16-7+. The Morgan fingerprint density at radius 3 is 2.73 bits per heavy atom. The number of pyridine rings is 1. The number of amides is 1. The van der Waals surface area contributed by atoms with Gasteiger partial charge < -0.3 is 5.73 Å². The SMILES string of the molecule is Cn1c(N)c(/C=N/NC(=O)c2cccnc2)c(=O)n(C)c1=O. The lowest BCUT2D eigenvalue weighted by molar-refractivity contribution is 0.0955.